The molecular weight excluding hydrogens is 195 g/mol. The molecule has 0 atom stereocenters. The van der Waals surface area contributed by atoms with Crippen LogP contribution in [-0.2, 0) is 6.30 Å². The first-order valence-corrected chi connectivity index (χ1v) is 3.79. The van der Waals surface area contributed by atoms with E-state index >= 15 is 0 Å². The number of hydrogen-bond acceptors (Lipinski definition) is 2. The third-order valence-corrected chi connectivity index (χ3v) is 1.83. The molecule has 0 saturated heterocycles. The van der Waals surface area contributed by atoms with Crippen LogP contribution in [0, 0.1) is 0 Å². The summed E-state index contributed by atoms with van der Waals surface area (Å²) in [5.41, 5.74) is 5.88. The number of alkyl halides is 3. The lowest BCUT2D eigenvalue weighted by Gasteiger charge is -2.03. The first-order chi connectivity index (χ1) is 6.48. The Balaban J connectivity index is 2.69. The molecule has 6 heteroatoms. The highest BCUT2D eigenvalue weighted by molar-refractivity contribution is 5.88. The lowest BCUT2D eigenvalue weighted by Crippen LogP contribution is -2.16. The summed E-state index contributed by atoms with van der Waals surface area (Å²) >= 11 is 0. The summed E-state index contributed by atoms with van der Waals surface area (Å²) in [6.45, 7) is 0. The number of anilines is 1. The quantitative estimate of drug-likeness (QED) is 0.663. The smallest absolute Gasteiger partial charge is 0.397 e. The lowest BCUT2D eigenvalue weighted by molar-refractivity contribution is -0.211. The molecule has 14 heavy (non-hydrogen) atoms. The molecule has 2 rings (SSSR count). The van der Waals surface area contributed by atoms with Gasteiger partial charge in [0, 0.05) is 11.6 Å². The molecule has 1 aromatic heterocycles. The molecule has 0 radical (unpaired) electrons. The largest absolute Gasteiger partial charge is 0.504 e. The van der Waals surface area contributed by atoms with Gasteiger partial charge in [0.1, 0.15) is 5.52 Å². The van der Waals surface area contributed by atoms with Gasteiger partial charge in [-0.25, -0.2) is 0 Å². The SMILES string of the molecule is Nc1cccc2cn(C(F)(F)F)nc12. The molecule has 0 unspecified atom stereocenters. The predicted octanol–water partition coefficient (Wildman–Crippen LogP) is 2.09. The van der Waals surface area contributed by atoms with E-state index in [0.717, 1.165) is 6.20 Å². The Labute approximate surface area is 76.9 Å². The average molecular weight is 201 g/mol. The van der Waals surface area contributed by atoms with E-state index in [4.69, 9.17) is 5.73 Å². The molecule has 3 nitrogen and oxygen atoms in total. The minimum absolute atomic E-state index is 0.0476. The van der Waals surface area contributed by atoms with Crippen LogP contribution < -0.4 is 5.73 Å². The standard InChI is InChI=1S/C8H6F3N3/c9-8(10,11)14-4-5-2-1-3-6(12)7(5)13-14/h1-4H,12H2. The zero-order valence-electron chi connectivity index (χ0n) is 6.92. The number of nitrogen functional groups attached to an aromatic ring is 1. The summed E-state index contributed by atoms with van der Waals surface area (Å²) in [5, 5.41) is 3.73. The van der Waals surface area contributed by atoms with E-state index in [1.54, 1.807) is 6.07 Å². The molecule has 0 saturated carbocycles. The van der Waals surface area contributed by atoms with Crippen LogP contribution >= 0.6 is 0 Å². The molecule has 0 fully saturated rings. The third kappa shape index (κ3) is 1.28. The number of nitrogens with two attached hydrogens (primary N) is 1. The third-order valence-electron chi connectivity index (χ3n) is 1.83. The number of rotatable bonds is 0. The molecule has 0 aliphatic rings. The number of hydrogen-bond donors (Lipinski definition) is 1. The Morgan fingerprint density at radius 1 is 1.29 bits per heavy atom. The van der Waals surface area contributed by atoms with Gasteiger partial charge in [0.15, 0.2) is 0 Å². The first kappa shape index (κ1) is 8.86. The van der Waals surface area contributed by atoms with Crippen molar-refractivity contribution in [2.24, 2.45) is 0 Å². The molecule has 74 valence electrons. The van der Waals surface area contributed by atoms with Crippen molar-refractivity contribution in [1.82, 2.24) is 9.78 Å². The fraction of sp³-hybridized carbons (Fsp3) is 0.125. The van der Waals surface area contributed by atoms with Gasteiger partial charge in [0.2, 0.25) is 0 Å². The molecular formula is C8H6F3N3. The summed E-state index contributed by atoms with van der Waals surface area (Å²) in [6, 6.07) is 4.62. The van der Waals surface area contributed by atoms with E-state index in [9.17, 15) is 13.2 Å². The second kappa shape index (κ2) is 2.63. The van der Waals surface area contributed by atoms with Gasteiger partial charge in [-0.2, -0.15) is 9.78 Å². The topological polar surface area (TPSA) is 43.8 Å². The van der Waals surface area contributed by atoms with Gasteiger partial charge in [0.25, 0.3) is 0 Å². The van der Waals surface area contributed by atoms with E-state index in [0.29, 0.717) is 5.39 Å². The van der Waals surface area contributed by atoms with Crippen LogP contribution in [0.3, 0.4) is 0 Å². The van der Waals surface area contributed by atoms with Crippen molar-refractivity contribution >= 4 is 16.6 Å². The molecule has 2 N–H and O–H groups in total. The maximum absolute atomic E-state index is 12.2. The lowest BCUT2D eigenvalue weighted by atomic mass is 10.2. The number of benzene rings is 1. The van der Waals surface area contributed by atoms with Crippen LogP contribution in [0.25, 0.3) is 10.9 Å². The summed E-state index contributed by atoms with van der Waals surface area (Å²) in [7, 11) is 0. The van der Waals surface area contributed by atoms with Crippen molar-refractivity contribution in [3.05, 3.63) is 24.4 Å². The van der Waals surface area contributed by atoms with Gasteiger partial charge in [-0.15, -0.1) is 13.2 Å². The van der Waals surface area contributed by atoms with Crippen LogP contribution in [0.15, 0.2) is 24.4 Å². The van der Waals surface area contributed by atoms with Gasteiger partial charge < -0.3 is 5.73 Å². The zero-order chi connectivity index (χ0) is 10.3. The summed E-state index contributed by atoms with van der Waals surface area (Å²) in [5.74, 6) is 0. The Kier molecular flexibility index (Phi) is 1.67. The van der Waals surface area contributed by atoms with E-state index < -0.39 is 6.30 Å². The van der Waals surface area contributed by atoms with Gasteiger partial charge in [-0.05, 0) is 6.07 Å². The predicted molar refractivity (Wildman–Crippen MR) is 45.4 cm³/mol. The maximum Gasteiger partial charge on any atom is 0.504 e. The van der Waals surface area contributed by atoms with Crippen LogP contribution in [-0.4, -0.2) is 9.78 Å². The van der Waals surface area contributed by atoms with Gasteiger partial charge in [-0.1, -0.05) is 12.1 Å². The minimum Gasteiger partial charge on any atom is -0.397 e. The molecule has 0 spiro atoms. The van der Waals surface area contributed by atoms with Crippen LogP contribution in [0.2, 0.25) is 0 Å². The van der Waals surface area contributed by atoms with Gasteiger partial charge >= 0.3 is 6.30 Å². The second-order valence-corrected chi connectivity index (χ2v) is 2.83. The molecule has 0 aliphatic heterocycles. The van der Waals surface area contributed by atoms with Crippen LogP contribution in [0.1, 0.15) is 0 Å². The summed E-state index contributed by atoms with van der Waals surface area (Å²) in [6.07, 6.45) is -3.59. The molecule has 1 aromatic carbocycles. The number of halogens is 3. The average Bonchev–Trinajstić information content (AvgIpc) is 2.48. The zero-order valence-corrected chi connectivity index (χ0v) is 6.92. The highest BCUT2D eigenvalue weighted by atomic mass is 19.4. The Bertz CT molecular complexity index is 472. The number of aromatic nitrogens is 2. The Hall–Kier alpha value is -1.72. The maximum atomic E-state index is 12.2. The molecule has 0 aliphatic carbocycles. The van der Waals surface area contributed by atoms with Crippen molar-refractivity contribution in [2.75, 3.05) is 5.73 Å². The fourth-order valence-corrected chi connectivity index (χ4v) is 1.20. The fourth-order valence-electron chi connectivity index (χ4n) is 1.20. The highest BCUT2D eigenvalue weighted by Gasteiger charge is 2.31. The van der Waals surface area contributed by atoms with Crippen molar-refractivity contribution in [3.8, 4) is 0 Å². The van der Waals surface area contributed by atoms with Crippen molar-refractivity contribution in [3.63, 3.8) is 0 Å². The summed E-state index contributed by atoms with van der Waals surface area (Å²) < 4.78 is 36.6. The van der Waals surface area contributed by atoms with Crippen LogP contribution in [0.4, 0.5) is 18.9 Å². The minimum atomic E-state index is -4.49. The van der Waals surface area contributed by atoms with E-state index in [1.165, 1.54) is 12.1 Å². The first-order valence-electron chi connectivity index (χ1n) is 3.79. The van der Waals surface area contributed by atoms with Crippen molar-refractivity contribution in [2.45, 2.75) is 6.30 Å². The molecule has 0 bridgehead atoms. The van der Waals surface area contributed by atoms with Crippen molar-refractivity contribution in [1.29, 1.82) is 0 Å². The normalized spacial score (nSPS) is 12.2. The monoisotopic (exact) mass is 201 g/mol. The van der Waals surface area contributed by atoms with Crippen molar-refractivity contribution < 1.29 is 13.2 Å². The van der Waals surface area contributed by atoms with Gasteiger partial charge in [-0.3, -0.25) is 0 Å². The molecule has 0 amide bonds. The second-order valence-electron chi connectivity index (χ2n) is 2.83. The van der Waals surface area contributed by atoms with E-state index in [2.05, 4.69) is 5.10 Å². The Morgan fingerprint density at radius 2 is 2.00 bits per heavy atom. The molecule has 2 aromatic rings. The van der Waals surface area contributed by atoms with E-state index in [-0.39, 0.29) is 15.9 Å². The molecule has 1 heterocycles. The van der Waals surface area contributed by atoms with Crippen LogP contribution in [0.5, 0.6) is 0 Å². The van der Waals surface area contributed by atoms with E-state index in [1.807, 2.05) is 0 Å². The van der Waals surface area contributed by atoms with Gasteiger partial charge in [0.05, 0.1) is 5.69 Å². The number of nitrogens with zero attached hydrogens (tertiary/aromatic N) is 2. The Morgan fingerprint density at radius 3 is 2.57 bits per heavy atom. The summed E-state index contributed by atoms with van der Waals surface area (Å²) in [4.78, 5) is 0. The number of fused-ring (bicyclic) bond motifs is 1. The highest BCUT2D eigenvalue weighted by Crippen LogP contribution is 2.26.